The summed E-state index contributed by atoms with van der Waals surface area (Å²) in [6.45, 7) is 4.71. The Morgan fingerprint density at radius 3 is 2.79 bits per heavy atom. The van der Waals surface area contributed by atoms with Crippen molar-refractivity contribution in [3.8, 4) is 5.75 Å². The first-order valence-corrected chi connectivity index (χ1v) is 10.0. The van der Waals surface area contributed by atoms with Gasteiger partial charge in [-0.15, -0.1) is 0 Å². The fourth-order valence-electron chi connectivity index (χ4n) is 3.08. The van der Waals surface area contributed by atoms with Crippen LogP contribution < -0.4 is 15.4 Å². The molecule has 0 saturated carbocycles. The Morgan fingerprint density at radius 1 is 1.28 bits per heavy atom. The van der Waals surface area contributed by atoms with Gasteiger partial charge in [0.1, 0.15) is 5.75 Å². The number of hydrogen-bond acceptors (Lipinski definition) is 4. The van der Waals surface area contributed by atoms with E-state index >= 15 is 0 Å². The predicted octanol–water partition coefficient (Wildman–Crippen LogP) is 3.96. The van der Waals surface area contributed by atoms with Gasteiger partial charge in [-0.2, -0.15) is 0 Å². The summed E-state index contributed by atoms with van der Waals surface area (Å²) in [5.74, 6) is -0.0487. The Labute approximate surface area is 175 Å². The van der Waals surface area contributed by atoms with Crippen molar-refractivity contribution in [3.63, 3.8) is 0 Å². The van der Waals surface area contributed by atoms with Crippen LogP contribution in [-0.2, 0) is 9.53 Å². The van der Waals surface area contributed by atoms with Crippen molar-refractivity contribution in [2.75, 3.05) is 18.5 Å². The summed E-state index contributed by atoms with van der Waals surface area (Å²) in [5, 5.41) is 6.30. The standard InChI is InChI=1S/C22H25ClN2O4/c1-14-12-16(9-10-19(14)23)29-15(2)21(26)25-20-8-4-3-7-18(20)22(27)24-13-17-6-5-11-28-17/h3-4,7-10,12,15,17H,5-6,11,13H2,1-2H3,(H,24,27)(H,25,26)/t15-,17+/m0/s1. The van der Waals surface area contributed by atoms with Crippen LogP contribution in [0.3, 0.4) is 0 Å². The molecule has 154 valence electrons. The lowest BCUT2D eigenvalue weighted by Crippen LogP contribution is -2.34. The third kappa shape index (κ3) is 5.71. The van der Waals surface area contributed by atoms with Crippen LogP contribution in [0.5, 0.6) is 5.75 Å². The molecule has 2 atom stereocenters. The zero-order chi connectivity index (χ0) is 20.8. The number of halogens is 1. The lowest BCUT2D eigenvalue weighted by molar-refractivity contribution is -0.122. The molecular formula is C22H25ClN2O4. The van der Waals surface area contributed by atoms with E-state index in [0.717, 1.165) is 25.0 Å². The van der Waals surface area contributed by atoms with Crippen molar-refractivity contribution in [2.24, 2.45) is 0 Å². The third-order valence-electron chi connectivity index (χ3n) is 4.76. The lowest BCUT2D eigenvalue weighted by Gasteiger charge is -2.17. The Hall–Kier alpha value is -2.57. The smallest absolute Gasteiger partial charge is 0.265 e. The van der Waals surface area contributed by atoms with E-state index in [1.807, 2.05) is 6.92 Å². The van der Waals surface area contributed by atoms with E-state index in [1.54, 1.807) is 49.4 Å². The highest BCUT2D eigenvalue weighted by molar-refractivity contribution is 6.31. The van der Waals surface area contributed by atoms with E-state index in [4.69, 9.17) is 21.1 Å². The second kappa shape index (κ2) is 9.76. The number of para-hydroxylation sites is 1. The third-order valence-corrected chi connectivity index (χ3v) is 5.18. The number of rotatable bonds is 7. The van der Waals surface area contributed by atoms with Gasteiger partial charge in [-0.1, -0.05) is 23.7 Å². The van der Waals surface area contributed by atoms with Gasteiger partial charge >= 0.3 is 0 Å². The Bertz CT molecular complexity index is 881. The average molecular weight is 417 g/mol. The fraction of sp³-hybridized carbons (Fsp3) is 0.364. The number of anilines is 1. The number of carbonyl (C=O) groups excluding carboxylic acids is 2. The molecule has 6 nitrogen and oxygen atoms in total. The maximum Gasteiger partial charge on any atom is 0.265 e. The van der Waals surface area contributed by atoms with Gasteiger partial charge in [0, 0.05) is 18.2 Å². The average Bonchev–Trinajstić information content (AvgIpc) is 3.23. The number of hydrogen-bond donors (Lipinski definition) is 2. The van der Waals surface area contributed by atoms with Crippen LogP contribution in [0, 0.1) is 6.92 Å². The van der Waals surface area contributed by atoms with E-state index < -0.39 is 6.10 Å². The van der Waals surface area contributed by atoms with Gasteiger partial charge in [0.05, 0.1) is 17.4 Å². The van der Waals surface area contributed by atoms with Crippen molar-refractivity contribution in [3.05, 3.63) is 58.6 Å². The summed E-state index contributed by atoms with van der Waals surface area (Å²) in [4.78, 5) is 25.2. The molecule has 0 radical (unpaired) electrons. The molecule has 1 fully saturated rings. The molecule has 0 aliphatic carbocycles. The van der Waals surface area contributed by atoms with Gasteiger partial charge in [-0.3, -0.25) is 9.59 Å². The Kier molecular flexibility index (Phi) is 7.12. The summed E-state index contributed by atoms with van der Waals surface area (Å²) in [7, 11) is 0. The van der Waals surface area contributed by atoms with Crippen LogP contribution in [0.15, 0.2) is 42.5 Å². The molecule has 0 spiro atoms. The molecule has 2 amide bonds. The van der Waals surface area contributed by atoms with Crippen LogP contribution in [0.2, 0.25) is 5.02 Å². The Balaban J connectivity index is 1.61. The van der Waals surface area contributed by atoms with E-state index in [9.17, 15) is 9.59 Å². The van der Waals surface area contributed by atoms with Crippen molar-refractivity contribution in [1.29, 1.82) is 0 Å². The molecule has 0 unspecified atom stereocenters. The molecule has 2 aromatic rings. The monoisotopic (exact) mass is 416 g/mol. The highest BCUT2D eigenvalue weighted by Gasteiger charge is 2.20. The fourth-order valence-corrected chi connectivity index (χ4v) is 3.20. The topological polar surface area (TPSA) is 76.7 Å². The van der Waals surface area contributed by atoms with E-state index in [2.05, 4.69) is 10.6 Å². The van der Waals surface area contributed by atoms with Crippen LogP contribution in [-0.4, -0.2) is 37.2 Å². The first-order chi connectivity index (χ1) is 13.9. The molecule has 2 aromatic carbocycles. The van der Waals surface area contributed by atoms with Crippen molar-refractivity contribution >= 4 is 29.1 Å². The van der Waals surface area contributed by atoms with Crippen LogP contribution in [0.4, 0.5) is 5.69 Å². The largest absolute Gasteiger partial charge is 0.481 e. The summed E-state index contributed by atoms with van der Waals surface area (Å²) in [5.41, 5.74) is 1.70. The second-order valence-corrected chi connectivity index (χ2v) is 7.46. The summed E-state index contributed by atoms with van der Waals surface area (Å²) < 4.78 is 11.2. The molecule has 3 rings (SSSR count). The number of nitrogens with one attached hydrogen (secondary N) is 2. The molecule has 1 aliphatic heterocycles. The highest BCUT2D eigenvalue weighted by atomic mass is 35.5. The SMILES string of the molecule is Cc1cc(O[C@@H](C)C(=O)Nc2ccccc2C(=O)NC[C@H]2CCCO2)ccc1Cl. The van der Waals surface area contributed by atoms with Gasteiger partial charge in [-0.25, -0.2) is 0 Å². The number of ether oxygens (including phenoxy) is 2. The van der Waals surface area contributed by atoms with Crippen molar-refractivity contribution in [1.82, 2.24) is 5.32 Å². The second-order valence-electron chi connectivity index (χ2n) is 7.05. The van der Waals surface area contributed by atoms with Crippen molar-refractivity contribution in [2.45, 2.75) is 38.9 Å². The zero-order valence-corrected chi connectivity index (χ0v) is 17.3. The van der Waals surface area contributed by atoms with Gasteiger partial charge in [0.25, 0.3) is 11.8 Å². The lowest BCUT2D eigenvalue weighted by atomic mass is 10.1. The summed E-state index contributed by atoms with van der Waals surface area (Å²) >= 11 is 6.02. The van der Waals surface area contributed by atoms with Gasteiger partial charge < -0.3 is 20.1 Å². The number of amides is 2. The molecule has 0 aromatic heterocycles. The van der Waals surface area contributed by atoms with E-state index in [1.165, 1.54) is 0 Å². The maximum absolute atomic E-state index is 12.6. The summed E-state index contributed by atoms with van der Waals surface area (Å²) in [6, 6.07) is 12.1. The molecule has 1 aliphatic rings. The predicted molar refractivity (Wildman–Crippen MR) is 113 cm³/mol. The van der Waals surface area contributed by atoms with Gasteiger partial charge in [0.15, 0.2) is 6.10 Å². The molecule has 1 heterocycles. The number of carbonyl (C=O) groups is 2. The zero-order valence-electron chi connectivity index (χ0n) is 16.5. The highest BCUT2D eigenvalue weighted by Crippen LogP contribution is 2.22. The normalized spacial score (nSPS) is 16.9. The van der Waals surface area contributed by atoms with E-state index in [0.29, 0.717) is 28.6 Å². The first-order valence-electron chi connectivity index (χ1n) is 9.66. The minimum Gasteiger partial charge on any atom is -0.481 e. The Morgan fingerprint density at radius 2 is 2.07 bits per heavy atom. The van der Waals surface area contributed by atoms with Crippen molar-refractivity contribution < 1.29 is 19.1 Å². The van der Waals surface area contributed by atoms with Gasteiger partial charge in [-0.05, 0) is 62.6 Å². The quantitative estimate of drug-likeness (QED) is 0.716. The molecule has 0 bridgehead atoms. The molecule has 2 N–H and O–H groups in total. The molecule has 7 heteroatoms. The minimum atomic E-state index is -0.751. The van der Waals surface area contributed by atoms with Crippen LogP contribution in [0.25, 0.3) is 0 Å². The van der Waals surface area contributed by atoms with Crippen LogP contribution in [0.1, 0.15) is 35.7 Å². The number of aryl methyl sites for hydroxylation is 1. The number of benzene rings is 2. The van der Waals surface area contributed by atoms with Gasteiger partial charge in [0.2, 0.25) is 0 Å². The molecule has 1 saturated heterocycles. The minimum absolute atomic E-state index is 0.0527. The maximum atomic E-state index is 12.6. The first kappa shape index (κ1) is 21.1. The van der Waals surface area contributed by atoms with Crippen LogP contribution >= 0.6 is 11.6 Å². The molecular weight excluding hydrogens is 392 g/mol. The van der Waals surface area contributed by atoms with E-state index in [-0.39, 0.29) is 17.9 Å². The molecule has 29 heavy (non-hydrogen) atoms. The summed E-state index contributed by atoms with van der Waals surface area (Å²) in [6.07, 6.45) is 1.26.